The predicted octanol–water partition coefficient (Wildman–Crippen LogP) is 1.92. The number of rotatable bonds is 4. The number of nitrogens with one attached hydrogen (secondary N) is 2. The third-order valence-electron chi connectivity index (χ3n) is 2.97. The van der Waals surface area contributed by atoms with E-state index in [9.17, 15) is 13.2 Å². The lowest BCUT2D eigenvalue weighted by Gasteiger charge is -2.17. The minimum absolute atomic E-state index is 0.0134. The van der Waals surface area contributed by atoms with Gasteiger partial charge in [0.1, 0.15) is 0 Å². The molecule has 0 saturated carbocycles. The van der Waals surface area contributed by atoms with Crippen molar-refractivity contribution in [3.63, 3.8) is 0 Å². The van der Waals surface area contributed by atoms with E-state index < -0.39 is 10.0 Å². The summed E-state index contributed by atoms with van der Waals surface area (Å²) in [6.45, 7) is 3.52. The lowest BCUT2D eigenvalue weighted by atomic mass is 10.2. The number of benzene rings is 1. The number of aromatic nitrogens is 1. The summed E-state index contributed by atoms with van der Waals surface area (Å²) in [6.07, 6.45) is 0. The molecule has 0 radical (unpaired) electrons. The van der Waals surface area contributed by atoms with E-state index in [4.69, 9.17) is 0 Å². The molecule has 8 heteroatoms. The zero-order chi connectivity index (χ0) is 15.8. The quantitative estimate of drug-likeness (QED) is 0.899. The second-order valence-corrected chi connectivity index (χ2v) is 7.79. The van der Waals surface area contributed by atoms with Crippen LogP contribution in [0.3, 0.4) is 0 Å². The summed E-state index contributed by atoms with van der Waals surface area (Å²) in [5.74, 6) is 0. The first-order valence-electron chi connectivity index (χ1n) is 6.21. The molecule has 0 unspecified atom stereocenters. The number of thiazole rings is 1. The van der Waals surface area contributed by atoms with Crippen LogP contribution in [0.2, 0.25) is 0 Å². The molecule has 0 amide bonds. The fourth-order valence-corrected chi connectivity index (χ4v) is 4.35. The van der Waals surface area contributed by atoms with Crippen LogP contribution >= 0.6 is 11.3 Å². The normalized spacial score (nSPS) is 11.4. The molecule has 0 atom stereocenters. The maximum absolute atomic E-state index is 12.3. The molecule has 0 saturated heterocycles. The number of H-pyrrole nitrogens is 1. The fourth-order valence-electron chi connectivity index (χ4n) is 2.00. The third kappa shape index (κ3) is 3.27. The molecule has 0 fully saturated rings. The van der Waals surface area contributed by atoms with Crippen LogP contribution in [0.1, 0.15) is 11.3 Å². The summed E-state index contributed by atoms with van der Waals surface area (Å²) >= 11 is 0.682. The molecular weight excluding hydrogens is 310 g/mol. The summed E-state index contributed by atoms with van der Waals surface area (Å²) in [5.41, 5.74) is 2.78. The maximum atomic E-state index is 12.3. The Morgan fingerprint density at radius 1 is 1.24 bits per heavy atom. The molecule has 2 aromatic rings. The van der Waals surface area contributed by atoms with Gasteiger partial charge in [-0.1, -0.05) is 17.4 Å². The monoisotopic (exact) mass is 327 g/mol. The van der Waals surface area contributed by atoms with Crippen LogP contribution in [0.5, 0.6) is 0 Å². The van der Waals surface area contributed by atoms with Crippen LogP contribution in [0.25, 0.3) is 0 Å². The molecule has 2 rings (SSSR count). The van der Waals surface area contributed by atoms with E-state index >= 15 is 0 Å². The van der Waals surface area contributed by atoms with Gasteiger partial charge >= 0.3 is 4.87 Å². The van der Waals surface area contributed by atoms with Crippen LogP contribution in [0.4, 0.5) is 11.4 Å². The van der Waals surface area contributed by atoms with Gasteiger partial charge < -0.3 is 9.88 Å². The highest BCUT2D eigenvalue weighted by molar-refractivity contribution is 7.94. The Morgan fingerprint density at radius 2 is 1.90 bits per heavy atom. The highest BCUT2D eigenvalue weighted by atomic mass is 32.2. The largest absolute Gasteiger partial charge is 0.377 e. The second-order valence-electron chi connectivity index (χ2n) is 4.93. The summed E-state index contributed by atoms with van der Waals surface area (Å²) in [6, 6.07) is 5.31. The zero-order valence-electron chi connectivity index (χ0n) is 12.2. The minimum atomic E-state index is -3.76. The molecule has 0 aliphatic heterocycles. The molecule has 0 aliphatic carbocycles. The van der Waals surface area contributed by atoms with Crippen LogP contribution in [0, 0.1) is 13.8 Å². The first-order valence-corrected chi connectivity index (χ1v) is 8.51. The molecule has 0 spiro atoms. The lowest BCUT2D eigenvalue weighted by Crippen LogP contribution is -2.14. The van der Waals surface area contributed by atoms with Gasteiger partial charge in [-0.2, -0.15) is 0 Å². The van der Waals surface area contributed by atoms with Crippen molar-refractivity contribution in [1.29, 1.82) is 0 Å². The van der Waals surface area contributed by atoms with Crippen molar-refractivity contribution in [1.82, 2.24) is 4.98 Å². The van der Waals surface area contributed by atoms with Crippen molar-refractivity contribution in [2.75, 3.05) is 23.7 Å². The summed E-state index contributed by atoms with van der Waals surface area (Å²) in [7, 11) is 0.0234. The Morgan fingerprint density at radius 3 is 2.43 bits per heavy atom. The Hall–Kier alpha value is -1.80. The number of nitrogens with zero attached hydrogens (tertiary/aromatic N) is 1. The molecule has 1 aromatic heterocycles. The van der Waals surface area contributed by atoms with E-state index in [1.54, 1.807) is 19.1 Å². The Labute approximate surface area is 127 Å². The average Bonchev–Trinajstić information content (AvgIpc) is 2.71. The molecule has 2 N–H and O–H groups in total. The van der Waals surface area contributed by atoms with Crippen molar-refractivity contribution < 1.29 is 8.42 Å². The van der Waals surface area contributed by atoms with E-state index in [-0.39, 0.29) is 9.08 Å². The molecule has 0 bridgehead atoms. The van der Waals surface area contributed by atoms with Crippen molar-refractivity contribution >= 4 is 32.7 Å². The number of aromatic amines is 1. The zero-order valence-corrected chi connectivity index (χ0v) is 13.9. The summed E-state index contributed by atoms with van der Waals surface area (Å²) < 4.78 is 27.2. The number of hydrogen-bond acceptors (Lipinski definition) is 5. The molecule has 6 nitrogen and oxygen atoms in total. The van der Waals surface area contributed by atoms with Gasteiger partial charge in [0.25, 0.3) is 10.0 Å². The van der Waals surface area contributed by atoms with Gasteiger partial charge in [-0.05, 0) is 31.5 Å². The SMILES string of the molecule is Cc1ccc(NS(=O)(=O)c2sc(=O)[nH]c2C)cc1N(C)C. The highest BCUT2D eigenvalue weighted by Gasteiger charge is 2.21. The van der Waals surface area contributed by atoms with Crippen molar-refractivity contribution in [3.05, 3.63) is 39.1 Å². The van der Waals surface area contributed by atoms with Gasteiger partial charge in [-0.3, -0.25) is 9.52 Å². The molecule has 1 heterocycles. The maximum Gasteiger partial charge on any atom is 0.306 e. The number of aryl methyl sites for hydroxylation is 2. The predicted molar refractivity (Wildman–Crippen MR) is 86.0 cm³/mol. The van der Waals surface area contributed by atoms with Crippen LogP contribution in [-0.2, 0) is 10.0 Å². The minimum Gasteiger partial charge on any atom is -0.377 e. The molecular formula is C13H17N3O3S2. The van der Waals surface area contributed by atoms with E-state index in [1.807, 2.05) is 32.0 Å². The first kappa shape index (κ1) is 15.6. The van der Waals surface area contributed by atoms with E-state index in [0.717, 1.165) is 11.3 Å². The van der Waals surface area contributed by atoms with Gasteiger partial charge in [0.05, 0.1) is 5.69 Å². The van der Waals surface area contributed by atoms with Crippen molar-refractivity contribution in [2.24, 2.45) is 0 Å². The Kier molecular flexibility index (Phi) is 4.11. The average molecular weight is 327 g/mol. The van der Waals surface area contributed by atoms with E-state index in [1.165, 1.54) is 0 Å². The number of sulfonamides is 1. The van der Waals surface area contributed by atoms with Gasteiger partial charge in [-0.25, -0.2) is 8.42 Å². The van der Waals surface area contributed by atoms with Gasteiger partial charge in [0, 0.05) is 25.5 Å². The summed E-state index contributed by atoms with van der Waals surface area (Å²) in [4.78, 5) is 15.3. The van der Waals surface area contributed by atoms with E-state index in [0.29, 0.717) is 22.7 Å². The number of anilines is 2. The standard InChI is InChI=1S/C13H17N3O3S2/c1-8-5-6-10(7-11(8)16(3)4)15-21(18,19)12-9(2)14-13(17)20-12/h5-7,15H,1-4H3,(H,14,17). The van der Waals surface area contributed by atoms with E-state index in [2.05, 4.69) is 9.71 Å². The van der Waals surface area contributed by atoms with Gasteiger partial charge in [0.2, 0.25) is 0 Å². The van der Waals surface area contributed by atoms with Crippen LogP contribution < -0.4 is 14.5 Å². The Bertz CT molecular complexity index is 819. The topological polar surface area (TPSA) is 82.3 Å². The second kappa shape index (κ2) is 5.53. The molecule has 114 valence electrons. The number of hydrogen-bond donors (Lipinski definition) is 2. The Balaban J connectivity index is 2.40. The third-order valence-corrected chi connectivity index (χ3v) is 5.95. The molecule has 0 aliphatic rings. The summed E-state index contributed by atoms with van der Waals surface area (Å²) in [5, 5.41) is 0. The highest BCUT2D eigenvalue weighted by Crippen LogP contribution is 2.25. The van der Waals surface area contributed by atoms with Gasteiger partial charge in [-0.15, -0.1) is 0 Å². The van der Waals surface area contributed by atoms with Crippen LogP contribution in [-0.4, -0.2) is 27.5 Å². The van der Waals surface area contributed by atoms with Crippen LogP contribution in [0.15, 0.2) is 27.2 Å². The first-order chi connectivity index (χ1) is 9.70. The van der Waals surface area contributed by atoms with Crippen molar-refractivity contribution in [3.8, 4) is 0 Å². The molecule has 1 aromatic carbocycles. The molecule has 21 heavy (non-hydrogen) atoms. The van der Waals surface area contributed by atoms with Gasteiger partial charge in [0.15, 0.2) is 4.21 Å². The van der Waals surface area contributed by atoms with Crippen molar-refractivity contribution in [2.45, 2.75) is 18.1 Å². The fraction of sp³-hybridized carbons (Fsp3) is 0.308. The smallest absolute Gasteiger partial charge is 0.306 e. The lowest BCUT2D eigenvalue weighted by molar-refractivity contribution is 0.602.